The summed E-state index contributed by atoms with van der Waals surface area (Å²) in [5, 5.41) is 9.81. The van der Waals surface area contributed by atoms with E-state index < -0.39 is 17.9 Å². The molecule has 1 aromatic carbocycles. The standard InChI is InChI=1S/C14H15Cl2NO3S/c1-7(2)13-17(11(6-21-13)14(19)20)12(18)9-5-8(15)3-4-10(9)16/h3-5,7,11,13H,6H2,1-2H3,(H,19,20). The fraction of sp³-hybridized carbons (Fsp3) is 0.429. The van der Waals surface area contributed by atoms with Crippen LogP contribution in [0, 0.1) is 5.92 Å². The number of carboxylic acids is 1. The summed E-state index contributed by atoms with van der Waals surface area (Å²) in [6.07, 6.45) is 0. The van der Waals surface area contributed by atoms with Crippen molar-refractivity contribution in [1.29, 1.82) is 0 Å². The molecule has 0 saturated carbocycles. The van der Waals surface area contributed by atoms with Crippen molar-refractivity contribution in [3.05, 3.63) is 33.8 Å². The van der Waals surface area contributed by atoms with Gasteiger partial charge in [-0.25, -0.2) is 4.79 Å². The number of rotatable bonds is 3. The van der Waals surface area contributed by atoms with Crippen molar-refractivity contribution in [2.24, 2.45) is 5.92 Å². The highest BCUT2D eigenvalue weighted by Crippen LogP contribution is 2.36. The average molecular weight is 348 g/mol. The van der Waals surface area contributed by atoms with Gasteiger partial charge in [0.1, 0.15) is 6.04 Å². The van der Waals surface area contributed by atoms with Gasteiger partial charge in [0.05, 0.1) is 16.0 Å². The Bertz CT molecular complexity index is 579. The highest BCUT2D eigenvalue weighted by Gasteiger charge is 2.43. The van der Waals surface area contributed by atoms with E-state index >= 15 is 0 Å². The van der Waals surface area contributed by atoms with Crippen LogP contribution in [0.5, 0.6) is 0 Å². The van der Waals surface area contributed by atoms with Gasteiger partial charge in [-0.2, -0.15) is 0 Å². The van der Waals surface area contributed by atoms with Crippen molar-refractivity contribution in [3.63, 3.8) is 0 Å². The van der Waals surface area contributed by atoms with Crippen molar-refractivity contribution in [3.8, 4) is 0 Å². The number of carbonyl (C=O) groups is 2. The normalized spacial score (nSPS) is 21.9. The second kappa shape index (κ2) is 6.46. The summed E-state index contributed by atoms with van der Waals surface area (Å²) in [6, 6.07) is 3.77. The van der Waals surface area contributed by atoms with Gasteiger partial charge in [-0.3, -0.25) is 4.79 Å². The summed E-state index contributed by atoms with van der Waals surface area (Å²) in [4.78, 5) is 25.6. The number of halogens is 2. The number of thioether (sulfide) groups is 1. The largest absolute Gasteiger partial charge is 0.480 e. The quantitative estimate of drug-likeness (QED) is 0.907. The van der Waals surface area contributed by atoms with Crippen LogP contribution in [0.15, 0.2) is 18.2 Å². The summed E-state index contributed by atoms with van der Waals surface area (Å²) < 4.78 is 0. The van der Waals surface area contributed by atoms with E-state index in [2.05, 4.69) is 0 Å². The molecule has 7 heteroatoms. The SMILES string of the molecule is CC(C)C1SCC(C(=O)O)N1C(=O)c1cc(Cl)ccc1Cl. The van der Waals surface area contributed by atoms with Crippen molar-refractivity contribution in [2.45, 2.75) is 25.3 Å². The van der Waals surface area contributed by atoms with Gasteiger partial charge in [0.25, 0.3) is 5.91 Å². The van der Waals surface area contributed by atoms with Gasteiger partial charge >= 0.3 is 5.97 Å². The first kappa shape index (κ1) is 16.5. The topological polar surface area (TPSA) is 57.6 Å². The Morgan fingerprint density at radius 2 is 2.05 bits per heavy atom. The molecule has 0 bridgehead atoms. The number of hydrogen-bond donors (Lipinski definition) is 1. The Morgan fingerprint density at radius 1 is 1.38 bits per heavy atom. The lowest BCUT2D eigenvalue weighted by molar-refractivity contribution is -0.141. The average Bonchev–Trinajstić information content (AvgIpc) is 2.85. The van der Waals surface area contributed by atoms with Crippen LogP contribution in [0.4, 0.5) is 0 Å². The molecule has 2 atom stereocenters. The van der Waals surface area contributed by atoms with Crippen LogP contribution in [0.25, 0.3) is 0 Å². The number of carbonyl (C=O) groups excluding carboxylic acids is 1. The Labute approximate surface area is 137 Å². The maximum atomic E-state index is 12.8. The minimum Gasteiger partial charge on any atom is -0.480 e. The van der Waals surface area contributed by atoms with Gasteiger partial charge < -0.3 is 10.0 Å². The monoisotopic (exact) mass is 347 g/mol. The molecule has 2 rings (SSSR count). The number of nitrogens with zero attached hydrogens (tertiary/aromatic N) is 1. The Morgan fingerprint density at radius 3 is 2.62 bits per heavy atom. The fourth-order valence-electron chi connectivity index (χ4n) is 2.29. The van der Waals surface area contributed by atoms with Crippen LogP contribution in [-0.4, -0.2) is 39.1 Å². The second-order valence-corrected chi connectivity index (χ2v) is 7.15. The van der Waals surface area contributed by atoms with E-state index in [1.165, 1.54) is 22.7 Å². The smallest absolute Gasteiger partial charge is 0.327 e. The number of aliphatic carboxylic acids is 1. The maximum Gasteiger partial charge on any atom is 0.327 e. The van der Waals surface area contributed by atoms with Gasteiger partial charge in [0.2, 0.25) is 0 Å². The summed E-state index contributed by atoms with van der Waals surface area (Å²) >= 11 is 13.5. The molecule has 1 amide bonds. The van der Waals surface area contributed by atoms with E-state index in [0.29, 0.717) is 10.8 Å². The molecule has 1 aromatic rings. The second-order valence-electron chi connectivity index (χ2n) is 5.16. The van der Waals surface area contributed by atoms with Crippen molar-refractivity contribution < 1.29 is 14.7 Å². The van der Waals surface area contributed by atoms with Gasteiger partial charge in [-0.05, 0) is 24.1 Å². The number of benzene rings is 1. The Hall–Kier alpha value is -0.910. The molecular weight excluding hydrogens is 333 g/mol. The molecule has 1 aliphatic rings. The molecule has 0 aromatic heterocycles. The summed E-state index contributed by atoms with van der Waals surface area (Å²) in [6.45, 7) is 3.92. The Kier molecular flexibility index (Phi) is 5.07. The van der Waals surface area contributed by atoms with Crippen molar-refractivity contribution in [1.82, 2.24) is 4.90 Å². The molecular formula is C14H15Cl2NO3S. The molecule has 1 heterocycles. The van der Waals surface area contributed by atoms with E-state index in [0.717, 1.165) is 0 Å². The zero-order valence-corrected chi connectivity index (χ0v) is 13.9. The first-order chi connectivity index (χ1) is 9.82. The molecule has 0 aliphatic carbocycles. The van der Waals surface area contributed by atoms with Gasteiger partial charge in [0, 0.05) is 10.8 Å². The zero-order chi connectivity index (χ0) is 15.7. The third-order valence-corrected chi connectivity index (χ3v) is 5.47. The molecule has 4 nitrogen and oxygen atoms in total. The molecule has 1 fully saturated rings. The molecule has 2 unspecified atom stereocenters. The van der Waals surface area contributed by atoms with E-state index in [9.17, 15) is 14.7 Å². The Balaban J connectivity index is 2.41. The molecule has 1 saturated heterocycles. The summed E-state index contributed by atoms with van der Waals surface area (Å²) in [5.74, 6) is -0.876. The van der Waals surface area contributed by atoms with Crippen molar-refractivity contribution >= 4 is 46.8 Å². The van der Waals surface area contributed by atoms with Gasteiger partial charge in [-0.1, -0.05) is 37.0 Å². The third kappa shape index (κ3) is 3.30. The van der Waals surface area contributed by atoms with E-state index in [1.807, 2.05) is 13.8 Å². The number of carboxylic acid groups (broad SMARTS) is 1. The van der Waals surface area contributed by atoms with Crippen LogP contribution in [0.1, 0.15) is 24.2 Å². The highest BCUT2D eigenvalue weighted by molar-refractivity contribution is 8.00. The lowest BCUT2D eigenvalue weighted by Crippen LogP contribution is -2.47. The number of hydrogen-bond acceptors (Lipinski definition) is 3. The van der Waals surface area contributed by atoms with Crippen LogP contribution in [0.3, 0.4) is 0 Å². The minimum atomic E-state index is -1.00. The first-order valence-electron chi connectivity index (χ1n) is 6.45. The predicted molar refractivity (Wildman–Crippen MR) is 85.1 cm³/mol. The number of amides is 1. The van der Waals surface area contributed by atoms with Crippen LogP contribution < -0.4 is 0 Å². The van der Waals surface area contributed by atoms with Crippen LogP contribution in [0.2, 0.25) is 10.0 Å². The first-order valence-corrected chi connectivity index (χ1v) is 8.25. The fourth-order valence-corrected chi connectivity index (χ4v) is 4.13. The zero-order valence-electron chi connectivity index (χ0n) is 11.5. The van der Waals surface area contributed by atoms with Crippen molar-refractivity contribution in [2.75, 3.05) is 5.75 Å². The van der Waals surface area contributed by atoms with E-state index in [4.69, 9.17) is 23.2 Å². The molecule has 0 spiro atoms. The van der Waals surface area contributed by atoms with Gasteiger partial charge in [-0.15, -0.1) is 11.8 Å². The lowest BCUT2D eigenvalue weighted by atomic mass is 10.1. The third-order valence-electron chi connectivity index (χ3n) is 3.28. The molecule has 1 aliphatic heterocycles. The minimum absolute atomic E-state index is 0.140. The predicted octanol–water partition coefficient (Wildman–Crippen LogP) is 3.62. The maximum absolute atomic E-state index is 12.8. The molecule has 21 heavy (non-hydrogen) atoms. The van der Waals surface area contributed by atoms with E-state index in [-0.39, 0.29) is 21.9 Å². The van der Waals surface area contributed by atoms with E-state index in [1.54, 1.807) is 12.1 Å². The van der Waals surface area contributed by atoms with Gasteiger partial charge in [0.15, 0.2) is 0 Å². The van der Waals surface area contributed by atoms with Crippen LogP contribution >= 0.6 is 35.0 Å². The molecule has 0 radical (unpaired) electrons. The summed E-state index contributed by atoms with van der Waals surface area (Å²) in [5.41, 5.74) is 0.239. The van der Waals surface area contributed by atoms with Crippen LogP contribution in [-0.2, 0) is 4.79 Å². The highest BCUT2D eigenvalue weighted by atomic mass is 35.5. The molecule has 114 valence electrons. The lowest BCUT2D eigenvalue weighted by Gasteiger charge is -2.30. The summed E-state index contributed by atoms with van der Waals surface area (Å²) in [7, 11) is 0. The molecule has 1 N–H and O–H groups in total.